The Morgan fingerprint density at radius 2 is 1.90 bits per heavy atom. The van der Waals surface area contributed by atoms with Gasteiger partial charge in [-0.2, -0.15) is 17.6 Å². The number of urea groups is 1. The summed E-state index contributed by atoms with van der Waals surface area (Å²) in [5.74, 6) is -2.68. The van der Waals surface area contributed by atoms with Gasteiger partial charge in [0.25, 0.3) is 0 Å². The van der Waals surface area contributed by atoms with Crippen molar-refractivity contribution >= 4 is 23.6 Å². The SMILES string of the molecule is Cc1ccc(C[C@](NC(=O)N[C@@H]2CCOC2=O)(c2cc(F)cc(OC(F)(F)C(F)F)c2)c2ccc(Cl)cn2)cc1. The lowest BCUT2D eigenvalue weighted by Gasteiger charge is -2.36. The summed E-state index contributed by atoms with van der Waals surface area (Å²) in [6, 6.07) is 10.4. The average Bonchev–Trinajstić information content (AvgIpc) is 3.28. The minimum absolute atomic E-state index is 0.0961. The van der Waals surface area contributed by atoms with Crippen LogP contribution in [0.1, 0.15) is 28.8 Å². The number of ether oxygens (including phenoxy) is 2. The zero-order valence-corrected chi connectivity index (χ0v) is 21.7. The van der Waals surface area contributed by atoms with Gasteiger partial charge in [-0.3, -0.25) is 4.98 Å². The van der Waals surface area contributed by atoms with E-state index < -0.39 is 47.7 Å². The third kappa shape index (κ3) is 6.61. The molecule has 1 saturated heterocycles. The van der Waals surface area contributed by atoms with Gasteiger partial charge in [0, 0.05) is 25.1 Å². The van der Waals surface area contributed by atoms with Crippen molar-refractivity contribution in [3.63, 3.8) is 0 Å². The molecular weight excluding hydrogens is 561 g/mol. The normalized spacial score (nSPS) is 16.8. The molecule has 1 aliphatic heterocycles. The number of aryl methyl sites for hydroxylation is 1. The third-order valence-corrected chi connectivity index (χ3v) is 6.42. The molecule has 4 rings (SSSR count). The van der Waals surface area contributed by atoms with Gasteiger partial charge < -0.3 is 20.1 Å². The number of alkyl halides is 4. The number of halogens is 6. The molecule has 0 saturated carbocycles. The minimum atomic E-state index is -4.92. The van der Waals surface area contributed by atoms with Crippen LogP contribution in [0.5, 0.6) is 5.75 Å². The van der Waals surface area contributed by atoms with Crippen LogP contribution in [-0.2, 0) is 21.5 Å². The van der Waals surface area contributed by atoms with E-state index in [-0.39, 0.29) is 35.7 Å². The zero-order valence-electron chi connectivity index (χ0n) is 20.9. The first kappa shape index (κ1) is 29.1. The fourth-order valence-electron chi connectivity index (χ4n) is 4.25. The Bertz CT molecular complexity index is 1380. The first-order chi connectivity index (χ1) is 18.9. The Balaban J connectivity index is 1.87. The van der Waals surface area contributed by atoms with E-state index in [0.717, 1.165) is 17.7 Å². The van der Waals surface area contributed by atoms with E-state index in [1.807, 2.05) is 6.92 Å². The van der Waals surface area contributed by atoms with Gasteiger partial charge in [-0.25, -0.2) is 14.0 Å². The molecule has 3 aromatic rings. The summed E-state index contributed by atoms with van der Waals surface area (Å²) in [5.41, 5.74) is -0.342. The predicted molar refractivity (Wildman–Crippen MR) is 134 cm³/mol. The molecule has 2 aromatic carbocycles. The van der Waals surface area contributed by atoms with Gasteiger partial charge in [0.1, 0.15) is 23.1 Å². The summed E-state index contributed by atoms with van der Waals surface area (Å²) in [7, 11) is 0. The Hall–Kier alpha value is -3.93. The fraction of sp³-hybridized carbons (Fsp3) is 0.296. The quantitative estimate of drug-likeness (QED) is 0.256. The fourth-order valence-corrected chi connectivity index (χ4v) is 4.36. The standard InChI is InChI=1S/C27H23ClF5N3O4/c1-15-2-4-16(5-3-15)13-26(22-7-6-18(28)14-34-22,36-25(38)35-21-8-9-39-23(21)37)17-10-19(29)12-20(11-17)40-27(32,33)24(30)31/h2-7,10-12,14,21,24H,8-9,13H2,1H3,(H2,35,36,38)/t21-,26+/m1/s1. The van der Waals surface area contributed by atoms with E-state index in [4.69, 9.17) is 16.3 Å². The van der Waals surface area contributed by atoms with Gasteiger partial charge in [-0.15, -0.1) is 0 Å². The van der Waals surface area contributed by atoms with Crippen LogP contribution >= 0.6 is 11.6 Å². The Labute approximate surface area is 230 Å². The lowest BCUT2D eigenvalue weighted by atomic mass is 9.80. The second-order valence-corrected chi connectivity index (χ2v) is 9.61. The van der Waals surface area contributed by atoms with Crippen LogP contribution in [0.4, 0.5) is 26.7 Å². The van der Waals surface area contributed by atoms with Crippen LogP contribution in [0.3, 0.4) is 0 Å². The average molecular weight is 584 g/mol. The van der Waals surface area contributed by atoms with Crippen LogP contribution in [0, 0.1) is 12.7 Å². The summed E-state index contributed by atoms with van der Waals surface area (Å²) >= 11 is 6.03. The summed E-state index contributed by atoms with van der Waals surface area (Å²) in [6.07, 6.45) is -7.76. The molecule has 2 amide bonds. The zero-order chi connectivity index (χ0) is 29.1. The number of carbonyl (C=O) groups is 2. The third-order valence-electron chi connectivity index (χ3n) is 6.19. The molecule has 0 aliphatic carbocycles. The van der Waals surface area contributed by atoms with Crippen molar-refractivity contribution < 1.29 is 41.0 Å². The van der Waals surface area contributed by atoms with Crippen molar-refractivity contribution in [3.05, 3.63) is 94.0 Å². The molecule has 2 N–H and O–H groups in total. The molecule has 0 radical (unpaired) electrons. The van der Waals surface area contributed by atoms with E-state index in [9.17, 15) is 31.5 Å². The van der Waals surface area contributed by atoms with Crippen molar-refractivity contribution in [2.24, 2.45) is 0 Å². The molecule has 2 heterocycles. The second-order valence-electron chi connectivity index (χ2n) is 9.18. The number of esters is 1. The number of nitrogens with zero attached hydrogens (tertiary/aromatic N) is 1. The molecule has 212 valence electrons. The Morgan fingerprint density at radius 1 is 1.18 bits per heavy atom. The number of hydrogen-bond donors (Lipinski definition) is 2. The largest absolute Gasteiger partial charge is 0.464 e. The molecule has 1 aliphatic rings. The van der Waals surface area contributed by atoms with Gasteiger partial charge in [-0.05, 0) is 42.3 Å². The monoisotopic (exact) mass is 583 g/mol. The number of benzene rings is 2. The lowest BCUT2D eigenvalue weighted by molar-refractivity contribution is -0.253. The molecule has 1 aromatic heterocycles. The van der Waals surface area contributed by atoms with Crippen LogP contribution in [-0.4, -0.2) is 42.2 Å². The molecule has 7 nitrogen and oxygen atoms in total. The summed E-state index contributed by atoms with van der Waals surface area (Å²) in [5, 5.41) is 5.43. The van der Waals surface area contributed by atoms with E-state index in [2.05, 4.69) is 20.4 Å². The maximum Gasteiger partial charge on any atom is 0.461 e. The second kappa shape index (κ2) is 11.7. The van der Waals surface area contributed by atoms with Crippen molar-refractivity contribution in [1.29, 1.82) is 0 Å². The topological polar surface area (TPSA) is 89.6 Å². The molecule has 0 spiro atoms. The van der Waals surface area contributed by atoms with E-state index in [1.54, 1.807) is 24.3 Å². The lowest BCUT2D eigenvalue weighted by Crippen LogP contribution is -2.55. The first-order valence-electron chi connectivity index (χ1n) is 12.0. The molecule has 0 unspecified atom stereocenters. The number of cyclic esters (lactones) is 1. The highest BCUT2D eigenvalue weighted by Crippen LogP contribution is 2.37. The number of hydrogen-bond acceptors (Lipinski definition) is 5. The van der Waals surface area contributed by atoms with Gasteiger partial charge in [0.05, 0.1) is 17.3 Å². The summed E-state index contributed by atoms with van der Waals surface area (Å²) in [6.45, 7) is 1.95. The first-order valence-corrected chi connectivity index (χ1v) is 12.3. The van der Waals surface area contributed by atoms with E-state index in [0.29, 0.717) is 11.6 Å². The van der Waals surface area contributed by atoms with Crippen LogP contribution in [0.15, 0.2) is 60.8 Å². The van der Waals surface area contributed by atoms with Gasteiger partial charge in [0.15, 0.2) is 0 Å². The molecule has 0 bridgehead atoms. The maximum atomic E-state index is 14.9. The number of aromatic nitrogens is 1. The summed E-state index contributed by atoms with van der Waals surface area (Å²) in [4.78, 5) is 29.5. The van der Waals surface area contributed by atoms with Gasteiger partial charge >= 0.3 is 24.5 Å². The highest BCUT2D eigenvalue weighted by molar-refractivity contribution is 6.30. The van der Waals surface area contributed by atoms with E-state index in [1.165, 1.54) is 18.3 Å². The summed E-state index contributed by atoms with van der Waals surface area (Å²) < 4.78 is 77.2. The Kier molecular flexibility index (Phi) is 8.48. The molecule has 40 heavy (non-hydrogen) atoms. The van der Waals surface area contributed by atoms with Gasteiger partial charge in [-0.1, -0.05) is 41.4 Å². The minimum Gasteiger partial charge on any atom is -0.464 e. The number of nitrogens with one attached hydrogen (secondary N) is 2. The highest BCUT2D eigenvalue weighted by atomic mass is 35.5. The van der Waals surface area contributed by atoms with Crippen LogP contribution in [0.25, 0.3) is 0 Å². The number of amides is 2. The van der Waals surface area contributed by atoms with Crippen molar-refractivity contribution in [2.45, 2.75) is 43.9 Å². The van der Waals surface area contributed by atoms with Gasteiger partial charge in [0.2, 0.25) is 0 Å². The highest BCUT2D eigenvalue weighted by Gasteiger charge is 2.45. The molecular formula is C27H23ClF5N3O4. The molecule has 2 atom stereocenters. The van der Waals surface area contributed by atoms with Crippen LogP contribution in [0.2, 0.25) is 5.02 Å². The molecule has 13 heteroatoms. The number of rotatable bonds is 9. The van der Waals surface area contributed by atoms with Crippen molar-refractivity contribution in [3.8, 4) is 5.75 Å². The van der Waals surface area contributed by atoms with Crippen LogP contribution < -0.4 is 15.4 Å². The Morgan fingerprint density at radius 3 is 2.50 bits per heavy atom. The van der Waals surface area contributed by atoms with Crippen molar-refractivity contribution in [2.75, 3.05) is 6.61 Å². The maximum absolute atomic E-state index is 14.9. The number of carbonyl (C=O) groups excluding carboxylic acids is 2. The predicted octanol–water partition coefficient (Wildman–Crippen LogP) is 5.52. The molecule has 1 fully saturated rings. The van der Waals surface area contributed by atoms with E-state index >= 15 is 0 Å². The number of pyridine rings is 1. The van der Waals surface area contributed by atoms with Crippen molar-refractivity contribution in [1.82, 2.24) is 15.6 Å². The smallest absolute Gasteiger partial charge is 0.461 e.